The van der Waals surface area contributed by atoms with Crippen LogP contribution in [0.1, 0.15) is 13.3 Å². The largest absolute Gasteiger partial charge is 0.308 e. The number of sulfonamides is 2. The summed E-state index contributed by atoms with van der Waals surface area (Å²) in [5.74, 6) is 0. The van der Waals surface area contributed by atoms with Crippen LogP contribution in [0.15, 0.2) is 63.1 Å². The highest BCUT2D eigenvalue weighted by Crippen LogP contribution is 2.26. The van der Waals surface area contributed by atoms with E-state index in [9.17, 15) is 21.6 Å². The Morgan fingerprint density at radius 2 is 1.42 bits per heavy atom. The highest BCUT2D eigenvalue weighted by molar-refractivity contribution is 7.89. The van der Waals surface area contributed by atoms with Crippen LogP contribution in [0.3, 0.4) is 0 Å². The number of benzene rings is 2. The van der Waals surface area contributed by atoms with Gasteiger partial charge in [0.2, 0.25) is 20.0 Å². The highest BCUT2D eigenvalue weighted by atomic mass is 32.2. The topological polar surface area (TPSA) is 96.8 Å². The minimum Gasteiger partial charge on any atom is -0.299 e. The van der Waals surface area contributed by atoms with Crippen molar-refractivity contribution in [1.29, 1.82) is 0 Å². The minimum absolute atomic E-state index is 0.0690. The van der Waals surface area contributed by atoms with Crippen molar-refractivity contribution in [3.05, 3.63) is 58.2 Å². The van der Waals surface area contributed by atoms with Gasteiger partial charge in [-0.15, -0.1) is 0 Å². The molecule has 0 bridgehead atoms. The maximum Gasteiger partial charge on any atom is 0.308 e. The van der Waals surface area contributed by atoms with Gasteiger partial charge in [0, 0.05) is 32.7 Å². The molecular weight excluding hydrogens is 458 g/mol. The Bertz CT molecular complexity index is 1350. The van der Waals surface area contributed by atoms with Gasteiger partial charge in [0.15, 0.2) is 0 Å². The number of nitrogens with zero attached hydrogens (tertiary/aromatic N) is 3. The molecule has 8 nitrogen and oxygen atoms in total. The molecule has 1 aromatic heterocycles. The van der Waals surface area contributed by atoms with Crippen molar-refractivity contribution in [3.8, 4) is 0 Å². The molecule has 0 radical (unpaired) electrons. The van der Waals surface area contributed by atoms with Gasteiger partial charge in [-0.2, -0.15) is 8.61 Å². The van der Waals surface area contributed by atoms with Crippen LogP contribution in [-0.4, -0.2) is 56.2 Å². The maximum atomic E-state index is 13.2. The fourth-order valence-electron chi connectivity index (χ4n) is 3.68. The zero-order chi connectivity index (χ0) is 22.2. The Hall–Kier alpha value is -2.05. The molecule has 0 N–H and O–H groups in total. The second-order valence-corrected chi connectivity index (χ2v) is 12.1. The van der Waals surface area contributed by atoms with Crippen LogP contribution in [0.25, 0.3) is 10.2 Å². The Kier molecular flexibility index (Phi) is 6.05. The molecule has 31 heavy (non-hydrogen) atoms. The average molecular weight is 482 g/mol. The molecule has 2 aromatic carbocycles. The standard InChI is InChI=1S/C20H23N3O5S3/c1-2-10-23-18-9-8-17(15-19(18)29-20(23)24)31(27,28)22-13-11-21(12-14-22)30(25,26)16-6-4-3-5-7-16/h3-9,15H,2,10-14H2,1H3. The Morgan fingerprint density at radius 3 is 2.00 bits per heavy atom. The van der Waals surface area contributed by atoms with E-state index >= 15 is 0 Å². The van der Waals surface area contributed by atoms with Crippen LogP contribution >= 0.6 is 11.3 Å². The molecule has 0 spiro atoms. The molecule has 0 saturated carbocycles. The zero-order valence-electron chi connectivity index (χ0n) is 17.0. The Morgan fingerprint density at radius 1 is 0.839 bits per heavy atom. The first-order valence-corrected chi connectivity index (χ1v) is 13.6. The smallest absolute Gasteiger partial charge is 0.299 e. The second kappa shape index (κ2) is 8.47. The normalized spacial score (nSPS) is 16.7. The van der Waals surface area contributed by atoms with Gasteiger partial charge >= 0.3 is 4.87 Å². The van der Waals surface area contributed by atoms with Crippen molar-refractivity contribution in [2.45, 2.75) is 29.7 Å². The van der Waals surface area contributed by atoms with Gasteiger partial charge in [0.25, 0.3) is 0 Å². The summed E-state index contributed by atoms with van der Waals surface area (Å²) in [5.41, 5.74) is 0.731. The second-order valence-electron chi connectivity index (χ2n) is 7.27. The van der Waals surface area contributed by atoms with E-state index in [1.54, 1.807) is 28.8 Å². The average Bonchev–Trinajstić information content (AvgIpc) is 3.09. The molecule has 11 heteroatoms. The van der Waals surface area contributed by atoms with Crippen LogP contribution < -0.4 is 4.87 Å². The van der Waals surface area contributed by atoms with E-state index in [0.29, 0.717) is 11.2 Å². The molecule has 3 aromatic rings. The van der Waals surface area contributed by atoms with Crippen LogP contribution in [0, 0.1) is 0 Å². The van der Waals surface area contributed by atoms with Crippen LogP contribution in [0.2, 0.25) is 0 Å². The van der Waals surface area contributed by atoms with Crippen LogP contribution in [-0.2, 0) is 26.6 Å². The maximum absolute atomic E-state index is 13.2. The van der Waals surface area contributed by atoms with E-state index in [2.05, 4.69) is 0 Å². The summed E-state index contributed by atoms with van der Waals surface area (Å²) >= 11 is 1.03. The molecule has 4 rings (SSSR count). The molecule has 166 valence electrons. The lowest BCUT2D eigenvalue weighted by molar-refractivity contribution is 0.273. The monoisotopic (exact) mass is 481 g/mol. The molecule has 2 heterocycles. The van der Waals surface area contributed by atoms with E-state index in [-0.39, 0.29) is 40.8 Å². The summed E-state index contributed by atoms with van der Waals surface area (Å²) in [4.78, 5) is 12.4. The molecule has 1 aliphatic heterocycles. The third-order valence-electron chi connectivity index (χ3n) is 5.30. The highest BCUT2D eigenvalue weighted by Gasteiger charge is 2.33. The summed E-state index contributed by atoms with van der Waals surface area (Å²) in [6.07, 6.45) is 0.807. The zero-order valence-corrected chi connectivity index (χ0v) is 19.4. The lowest BCUT2D eigenvalue weighted by Crippen LogP contribution is -2.50. The summed E-state index contributed by atoms with van der Waals surface area (Å²) in [5, 5.41) is 0. The predicted molar refractivity (Wildman–Crippen MR) is 120 cm³/mol. The van der Waals surface area contributed by atoms with E-state index in [0.717, 1.165) is 23.3 Å². The minimum atomic E-state index is -3.80. The number of aryl methyl sites for hydroxylation is 1. The summed E-state index contributed by atoms with van der Waals surface area (Å²) in [6.45, 7) is 2.87. The van der Waals surface area contributed by atoms with E-state index < -0.39 is 20.0 Å². The van der Waals surface area contributed by atoms with Crippen molar-refractivity contribution < 1.29 is 16.8 Å². The number of hydrogen-bond donors (Lipinski definition) is 0. The third-order valence-corrected chi connectivity index (χ3v) is 10.1. The van der Waals surface area contributed by atoms with Crippen LogP contribution in [0.5, 0.6) is 0 Å². The van der Waals surface area contributed by atoms with Crippen molar-refractivity contribution in [3.63, 3.8) is 0 Å². The Labute approximate surface area is 185 Å². The van der Waals surface area contributed by atoms with E-state index in [4.69, 9.17) is 0 Å². The molecule has 1 saturated heterocycles. The lowest BCUT2D eigenvalue weighted by Gasteiger charge is -2.33. The number of rotatable bonds is 6. The van der Waals surface area contributed by atoms with Crippen LogP contribution in [0.4, 0.5) is 0 Å². The number of hydrogen-bond acceptors (Lipinski definition) is 6. The van der Waals surface area contributed by atoms with Crippen molar-refractivity contribution >= 4 is 41.6 Å². The molecule has 0 unspecified atom stereocenters. The fraction of sp³-hybridized carbons (Fsp3) is 0.350. The van der Waals surface area contributed by atoms with Gasteiger partial charge in [-0.1, -0.05) is 36.5 Å². The first-order valence-electron chi connectivity index (χ1n) is 9.94. The first-order chi connectivity index (χ1) is 14.7. The van der Waals surface area contributed by atoms with E-state index in [1.807, 2.05) is 6.92 Å². The van der Waals surface area contributed by atoms with Gasteiger partial charge in [-0.3, -0.25) is 9.36 Å². The number of thiazole rings is 1. The fourth-order valence-corrected chi connectivity index (χ4v) is 7.61. The molecule has 1 aliphatic rings. The summed E-state index contributed by atoms with van der Waals surface area (Å²) in [6, 6.07) is 12.9. The predicted octanol–water partition coefficient (Wildman–Crippen LogP) is 2.17. The van der Waals surface area contributed by atoms with Crippen molar-refractivity contribution in [2.24, 2.45) is 0 Å². The summed E-state index contributed by atoms with van der Waals surface area (Å²) < 4.78 is 56.8. The molecule has 1 fully saturated rings. The molecule has 0 aliphatic carbocycles. The van der Waals surface area contributed by atoms with Gasteiger partial charge in [0.05, 0.1) is 20.0 Å². The molecular formula is C20H23N3O5S3. The SMILES string of the molecule is CCCn1c(=O)sc2cc(S(=O)(=O)N3CCN(S(=O)(=O)c4ccccc4)CC3)ccc21. The third kappa shape index (κ3) is 4.08. The number of fused-ring (bicyclic) bond motifs is 1. The quantitative estimate of drug-likeness (QED) is 0.538. The van der Waals surface area contributed by atoms with Crippen molar-refractivity contribution in [1.82, 2.24) is 13.2 Å². The molecule has 0 amide bonds. The van der Waals surface area contributed by atoms with E-state index in [1.165, 1.54) is 32.9 Å². The van der Waals surface area contributed by atoms with Crippen molar-refractivity contribution in [2.75, 3.05) is 26.2 Å². The van der Waals surface area contributed by atoms with Gasteiger partial charge in [0.1, 0.15) is 0 Å². The lowest BCUT2D eigenvalue weighted by atomic mass is 10.3. The first kappa shape index (κ1) is 22.2. The number of aromatic nitrogens is 1. The van der Waals surface area contributed by atoms with Gasteiger partial charge < -0.3 is 0 Å². The van der Waals surface area contributed by atoms with Gasteiger partial charge in [-0.05, 0) is 36.8 Å². The molecule has 0 atom stereocenters. The number of piperazine rings is 1. The van der Waals surface area contributed by atoms with Gasteiger partial charge in [-0.25, -0.2) is 16.8 Å². The summed E-state index contributed by atoms with van der Waals surface area (Å²) in [7, 11) is -7.45. The Balaban J connectivity index is 1.55.